The van der Waals surface area contributed by atoms with Crippen molar-refractivity contribution in [1.82, 2.24) is 0 Å². The molecule has 0 saturated carbocycles. The molecular weight excluding hydrogens is 370 g/mol. The zero-order chi connectivity index (χ0) is 19.9. The molecule has 0 radical (unpaired) electrons. The number of hydrogen-bond acceptors (Lipinski definition) is 11. The number of nitrogens with zero attached hydrogens (tertiary/aromatic N) is 1. The Morgan fingerprint density at radius 1 is 1.11 bits per heavy atom. The van der Waals surface area contributed by atoms with Crippen molar-refractivity contribution < 1.29 is 54.4 Å². The van der Waals surface area contributed by atoms with Crippen LogP contribution in [0.2, 0.25) is 0 Å². The standard InChI is InChI=1S/C15H23NO11/c1-2-5-16-6-11(7(18)4(3-17)24-14(6)25-5)26-15-10(21)8(19)9(20)12(27-15)13(22)23/h4,6-12,14-15,17-21H,2-3H2,1H3,(H,22,23)/t4-,6+,7+,8+,9+,10-,11-,12+,14+,15-/m1/s1. The number of carbonyl (C=O) groups is 1. The zero-order valence-electron chi connectivity index (χ0n) is 14.4. The van der Waals surface area contributed by atoms with Gasteiger partial charge in [0.1, 0.15) is 42.7 Å². The van der Waals surface area contributed by atoms with Gasteiger partial charge >= 0.3 is 5.97 Å². The molecule has 0 unspecified atom stereocenters. The molecule has 154 valence electrons. The molecule has 0 aromatic carbocycles. The highest BCUT2D eigenvalue weighted by Gasteiger charge is 2.54. The van der Waals surface area contributed by atoms with Crippen LogP contribution in [0, 0.1) is 0 Å². The zero-order valence-corrected chi connectivity index (χ0v) is 14.4. The maximum Gasteiger partial charge on any atom is 0.335 e. The van der Waals surface area contributed by atoms with E-state index in [0.717, 1.165) is 0 Å². The summed E-state index contributed by atoms with van der Waals surface area (Å²) in [5.74, 6) is -1.22. The van der Waals surface area contributed by atoms with Crippen LogP contribution >= 0.6 is 0 Å². The van der Waals surface area contributed by atoms with E-state index in [9.17, 15) is 30.3 Å². The normalized spacial score (nSPS) is 47.1. The summed E-state index contributed by atoms with van der Waals surface area (Å²) in [6, 6.07) is -0.860. The van der Waals surface area contributed by atoms with Crippen LogP contribution < -0.4 is 0 Å². The van der Waals surface area contributed by atoms with E-state index in [1.165, 1.54) is 0 Å². The summed E-state index contributed by atoms with van der Waals surface area (Å²) in [5, 5.41) is 58.7. The van der Waals surface area contributed by atoms with Crippen LogP contribution in [-0.2, 0) is 23.7 Å². The van der Waals surface area contributed by atoms with Crippen molar-refractivity contribution in [3.63, 3.8) is 0 Å². The first-order valence-corrected chi connectivity index (χ1v) is 8.54. The SMILES string of the molecule is CCC1=N[C@@H]2[C@H](O1)O[C@H](CO)[C@H](O)[C@@H]2O[C@@H]1O[C@H](C(=O)O)[C@@H](O)[C@H](O)[C@H]1O. The third-order valence-corrected chi connectivity index (χ3v) is 4.77. The molecule has 3 aliphatic heterocycles. The minimum atomic E-state index is -1.87. The van der Waals surface area contributed by atoms with Crippen molar-refractivity contribution in [2.75, 3.05) is 6.61 Å². The lowest BCUT2D eigenvalue weighted by Crippen LogP contribution is -2.64. The van der Waals surface area contributed by atoms with Crippen molar-refractivity contribution in [2.45, 2.75) is 74.7 Å². The van der Waals surface area contributed by atoms with Crippen LogP contribution in [0.4, 0.5) is 0 Å². The maximum absolute atomic E-state index is 11.2. The minimum Gasteiger partial charge on any atom is -0.479 e. The van der Waals surface area contributed by atoms with Crippen LogP contribution in [-0.4, -0.2) is 110 Å². The molecule has 3 rings (SSSR count). The highest BCUT2D eigenvalue weighted by atomic mass is 16.7. The molecule has 0 aliphatic carbocycles. The van der Waals surface area contributed by atoms with Gasteiger partial charge in [0.2, 0.25) is 6.29 Å². The quantitative estimate of drug-likeness (QED) is 0.272. The Labute approximate surface area is 153 Å². The molecule has 0 spiro atoms. The van der Waals surface area contributed by atoms with Gasteiger partial charge in [-0.25, -0.2) is 9.79 Å². The largest absolute Gasteiger partial charge is 0.479 e. The van der Waals surface area contributed by atoms with Gasteiger partial charge in [-0.1, -0.05) is 6.92 Å². The second-order valence-corrected chi connectivity index (χ2v) is 6.54. The van der Waals surface area contributed by atoms with Crippen LogP contribution in [0.25, 0.3) is 0 Å². The Balaban J connectivity index is 1.82. The van der Waals surface area contributed by atoms with Gasteiger partial charge in [0.05, 0.1) is 6.61 Å². The number of ether oxygens (including phenoxy) is 4. The first-order valence-electron chi connectivity index (χ1n) is 8.54. The minimum absolute atomic E-state index is 0.341. The summed E-state index contributed by atoms with van der Waals surface area (Å²) < 4.78 is 21.6. The Morgan fingerprint density at radius 3 is 2.41 bits per heavy atom. The van der Waals surface area contributed by atoms with E-state index < -0.39 is 73.9 Å². The second kappa shape index (κ2) is 7.93. The number of aliphatic carboxylic acids is 1. The van der Waals surface area contributed by atoms with E-state index in [4.69, 9.17) is 24.1 Å². The topological polar surface area (TPSA) is 188 Å². The first-order chi connectivity index (χ1) is 12.8. The van der Waals surface area contributed by atoms with E-state index in [1.54, 1.807) is 6.92 Å². The number of carboxylic acid groups (broad SMARTS) is 1. The lowest BCUT2D eigenvalue weighted by molar-refractivity contribution is -0.331. The van der Waals surface area contributed by atoms with Crippen LogP contribution in [0.5, 0.6) is 0 Å². The molecule has 0 bridgehead atoms. The number of hydrogen-bond donors (Lipinski definition) is 6. The molecule has 2 fully saturated rings. The van der Waals surface area contributed by atoms with Crippen molar-refractivity contribution in [3.8, 4) is 0 Å². The lowest BCUT2D eigenvalue weighted by atomic mass is 9.96. The fourth-order valence-electron chi connectivity index (χ4n) is 3.27. The molecule has 27 heavy (non-hydrogen) atoms. The third-order valence-electron chi connectivity index (χ3n) is 4.77. The maximum atomic E-state index is 11.2. The Kier molecular flexibility index (Phi) is 5.98. The molecule has 0 amide bonds. The summed E-state index contributed by atoms with van der Waals surface area (Å²) in [4.78, 5) is 15.4. The van der Waals surface area contributed by atoms with E-state index in [0.29, 0.717) is 12.3 Å². The third kappa shape index (κ3) is 3.67. The predicted octanol–water partition coefficient (Wildman–Crippen LogP) is -3.45. The molecular formula is C15H23NO11. The fourth-order valence-corrected chi connectivity index (χ4v) is 3.27. The second-order valence-electron chi connectivity index (χ2n) is 6.54. The molecule has 0 aromatic rings. The molecule has 10 atom stereocenters. The summed E-state index contributed by atoms with van der Waals surface area (Å²) in [6.07, 6.45) is -13.2. The van der Waals surface area contributed by atoms with E-state index in [-0.39, 0.29) is 0 Å². The smallest absolute Gasteiger partial charge is 0.335 e. The van der Waals surface area contributed by atoms with Gasteiger partial charge < -0.3 is 49.6 Å². The van der Waals surface area contributed by atoms with Gasteiger partial charge in [0.25, 0.3) is 0 Å². The van der Waals surface area contributed by atoms with Crippen molar-refractivity contribution >= 4 is 11.9 Å². The summed E-state index contributed by atoms with van der Waals surface area (Å²) in [7, 11) is 0. The van der Waals surface area contributed by atoms with Crippen LogP contribution in [0.3, 0.4) is 0 Å². The predicted molar refractivity (Wildman–Crippen MR) is 83.5 cm³/mol. The number of aliphatic imine (C=N–C) groups is 1. The van der Waals surface area contributed by atoms with E-state index in [1.807, 2.05) is 0 Å². The Morgan fingerprint density at radius 2 is 1.81 bits per heavy atom. The van der Waals surface area contributed by atoms with Gasteiger partial charge in [0, 0.05) is 6.42 Å². The number of rotatable bonds is 5. The Bertz CT molecular complexity index is 586. The molecule has 12 nitrogen and oxygen atoms in total. The van der Waals surface area contributed by atoms with Crippen molar-refractivity contribution in [1.29, 1.82) is 0 Å². The summed E-state index contributed by atoms with van der Waals surface area (Å²) in [6.45, 7) is 1.23. The van der Waals surface area contributed by atoms with Gasteiger partial charge in [-0.2, -0.15) is 0 Å². The average Bonchev–Trinajstić information content (AvgIpc) is 3.06. The highest BCUT2D eigenvalue weighted by molar-refractivity contribution is 5.77. The Hall–Kier alpha value is -1.38. The number of aliphatic hydroxyl groups excluding tert-OH is 5. The van der Waals surface area contributed by atoms with Crippen molar-refractivity contribution in [2.24, 2.45) is 4.99 Å². The first kappa shape index (κ1) is 20.4. The lowest BCUT2D eigenvalue weighted by Gasteiger charge is -2.44. The van der Waals surface area contributed by atoms with E-state index >= 15 is 0 Å². The van der Waals surface area contributed by atoms with Gasteiger partial charge in [-0.3, -0.25) is 0 Å². The van der Waals surface area contributed by atoms with Crippen molar-refractivity contribution in [3.05, 3.63) is 0 Å². The molecule has 12 heteroatoms. The average molecular weight is 393 g/mol. The van der Waals surface area contributed by atoms with Gasteiger partial charge in [-0.05, 0) is 0 Å². The number of fused-ring (bicyclic) bond motifs is 1. The molecule has 2 saturated heterocycles. The molecule has 3 heterocycles. The van der Waals surface area contributed by atoms with Crippen LogP contribution in [0.15, 0.2) is 4.99 Å². The van der Waals surface area contributed by atoms with Crippen LogP contribution in [0.1, 0.15) is 13.3 Å². The number of carboxylic acids is 1. The number of aliphatic hydroxyl groups is 5. The molecule has 0 aromatic heterocycles. The summed E-state index contributed by atoms with van der Waals surface area (Å²) in [5.41, 5.74) is 0. The van der Waals surface area contributed by atoms with Gasteiger partial charge in [0.15, 0.2) is 18.3 Å². The highest BCUT2D eigenvalue weighted by Crippen LogP contribution is 2.33. The summed E-state index contributed by atoms with van der Waals surface area (Å²) >= 11 is 0. The fraction of sp³-hybridized carbons (Fsp3) is 0.867. The molecule has 3 aliphatic rings. The monoisotopic (exact) mass is 393 g/mol. The molecule has 6 N–H and O–H groups in total. The van der Waals surface area contributed by atoms with Gasteiger partial charge in [-0.15, -0.1) is 0 Å². The van der Waals surface area contributed by atoms with E-state index in [2.05, 4.69) is 4.99 Å².